The fraction of sp³-hybridized carbons (Fsp3) is 0.0625. The van der Waals surface area contributed by atoms with E-state index in [1.807, 2.05) is 24.3 Å². The van der Waals surface area contributed by atoms with Crippen LogP contribution >= 0.6 is 39.3 Å². The Morgan fingerprint density at radius 2 is 2.12 bits per heavy atom. The smallest absolute Gasteiger partial charge is 0.277 e. The molecule has 1 amide bonds. The van der Waals surface area contributed by atoms with E-state index in [9.17, 15) is 9.90 Å². The van der Waals surface area contributed by atoms with Crippen molar-refractivity contribution in [1.82, 2.24) is 10.2 Å². The van der Waals surface area contributed by atoms with Crippen LogP contribution in [0.4, 0.5) is 5.69 Å². The lowest BCUT2D eigenvalue weighted by Crippen LogP contribution is -2.14. The number of carbonyl (C=O) groups is 1. The molecule has 0 aliphatic rings. The number of anilines is 1. The summed E-state index contributed by atoms with van der Waals surface area (Å²) in [6.45, 7) is 0. The number of carbonyl (C=O) groups excluding carboxylic acids is 1. The van der Waals surface area contributed by atoms with Gasteiger partial charge in [-0.05, 0) is 36.4 Å². The number of nitrogens with one attached hydrogen (secondary N) is 1. The number of hydrogen-bond acceptors (Lipinski definition) is 6. The molecule has 6 nitrogen and oxygen atoms in total. The van der Waals surface area contributed by atoms with Crippen molar-refractivity contribution in [1.29, 1.82) is 0 Å². The highest BCUT2D eigenvalue weighted by atomic mass is 79.9. The molecule has 0 fully saturated rings. The topological polar surface area (TPSA) is 88.2 Å². The van der Waals surface area contributed by atoms with E-state index < -0.39 is 0 Å². The van der Waals surface area contributed by atoms with Crippen LogP contribution in [0.2, 0.25) is 5.02 Å². The minimum atomic E-state index is -0.329. The van der Waals surface area contributed by atoms with Gasteiger partial charge in [-0.15, -0.1) is 10.2 Å². The maximum atomic E-state index is 12.0. The van der Waals surface area contributed by atoms with Gasteiger partial charge < -0.3 is 14.8 Å². The summed E-state index contributed by atoms with van der Waals surface area (Å²) in [4.78, 5) is 12.0. The first-order valence-corrected chi connectivity index (χ1v) is 9.17. The zero-order valence-corrected chi connectivity index (χ0v) is 15.7. The Hall–Kier alpha value is -2.03. The number of aromatic hydroxyl groups is 1. The third-order valence-electron chi connectivity index (χ3n) is 3.04. The molecule has 2 N–H and O–H groups in total. The molecule has 0 aliphatic carbocycles. The first-order valence-electron chi connectivity index (χ1n) is 7.02. The molecule has 1 aromatic heterocycles. The number of nitrogens with zero attached hydrogens (tertiary/aromatic N) is 2. The highest BCUT2D eigenvalue weighted by Gasteiger charge is 2.13. The maximum absolute atomic E-state index is 12.0. The molecule has 0 atom stereocenters. The number of thioether (sulfide) groups is 1. The number of hydrogen-bond donors (Lipinski definition) is 2. The van der Waals surface area contributed by atoms with E-state index in [-0.39, 0.29) is 28.3 Å². The Labute approximate surface area is 160 Å². The van der Waals surface area contributed by atoms with Crippen LogP contribution in [0.5, 0.6) is 5.75 Å². The minimum absolute atomic E-state index is 0.0477. The van der Waals surface area contributed by atoms with E-state index in [0.29, 0.717) is 10.9 Å². The van der Waals surface area contributed by atoms with Gasteiger partial charge in [0.05, 0.1) is 11.4 Å². The van der Waals surface area contributed by atoms with Crippen molar-refractivity contribution in [2.24, 2.45) is 0 Å². The van der Waals surface area contributed by atoms with Gasteiger partial charge in [0.25, 0.3) is 5.22 Å². The molecule has 0 saturated carbocycles. The Kier molecular flexibility index (Phi) is 5.62. The first-order chi connectivity index (χ1) is 12.0. The van der Waals surface area contributed by atoms with Crippen LogP contribution in [-0.4, -0.2) is 27.0 Å². The molecule has 128 valence electrons. The van der Waals surface area contributed by atoms with Gasteiger partial charge in [-0.2, -0.15) is 0 Å². The average molecular weight is 441 g/mol. The summed E-state index contributed by atoms with van der Waals surface area (Å²) in [5.41, 5.74) is 1.03. The predicted octanol–water partition coefficient (Wildman–Crippen LogP) is 4.59. The third-order valence-corrected chi connectivity index (χ3v) is 4.58. The summed E-state index contributed by atoms with van der Waals surface area (Å²) >= 11 is 10.3. The molecule has 0 bridgehead atoms. The Bertz CT molecular complexity index is 919. The molecule has 0 spiro atoms. The van der Waals surface area contributed by atoms with Crippen molar-refractivity contribution in [3.8, 4) is 17.2 Å². The zero-order valence-electron chi connectivity index (χ0n) is 12.6. The minimum Gasteiger partial charge on any atom is -0.506 e. The van der Waals surface area contributed by atoms with Gasteiger partial charge in [-0.1, -0.05) is 45.4 Å². The van der Waals surface area contributed by atoms with Crippen molar-refractivity contribution in [3.63, 3.8) is 0 Å². The number of benzene rings is 2. The Morgan fingerprint density at radius 3 is 2.92 bits per heavy atom. The van der Waals surface area contributed by atoms with E-state index in [1.54, 1.807) is 0 Å². The second-order valence-electron chi connectivity index (χ2n) is 4.88. The molecule has 3 rings (SSSR count). The van der Waals surface area contributed by atoms with Crippen LogP contribution in [-0.2, 0) is 4.79 Å². The van der Waals surface area contributed by atoms with Crippen molar-refractivity contribution < 1.29 is 14.3 Å². The second-order valence-corrected chi connectivity index (χ2v) is 7.16. The van der Waals surface area contributed by atoms with Crippen molar-refractivity contribution in [3.05, 3.63) is 52.0 Å². The van der Waals surface area contributed by atoms with Gasteiger partial charge in [0.15, 0.2) is 0 Å². The van der Waals surface area contributed by atoms with Crippen molar-refractivity contribution in [2.45, 2.75) is 5.22 Å². The average Bonchev–Trinajstić information content (AvgIpc) is 3.05. The molecule has 25 heavy (non-hydrogen) atoms. The molecule has 0 radical (unpaired) electrons. The summed E-state index contributed by atoms with van der Waals surface area (Å²) in [5.74, 6) is 0.0328. The highest BCUT2D eigenvalue weighted by Crippen LogP contribution is 2.28. The standard InChI is InChI=1S/C16H11BrClN3O3S/c17-10-3-1-2-9(6-10)15-20-21-16(24-15)25-8-14(23)19-12-7-11(18)4-5-13(12)22/h1-7,22H,8H2,(H,19,23). The number of rotatable bonds is 5. The van der Waals surface area contributed by atoms with Gasteiger partial charge >= 0.3 is 0 Å². The molecule has 1 heterocycles. The lowest BCUT2D eigenvalue weighted by Gasteiger charge is -2.06. The number of aromatic nitrogens is 2. The molecular weight excluding hydrogens is 430 g/mol. The summed E-state index contributed by atoms with van der Waals surface area (Å²) in [6, 6.07) is 11.9. The summed E-state index contributed by atoms with van der Waals surface area (Å²) in [7, 11) is 0. The first kappa shape index (κ1) is 17.8. The third kappa shape index (κ3) is 4.75. The van der Waals surface area contributed by atoms with E-state index in [4.69, 9.17) is 16.0 Å². The number of halogens is 2. The van der Waals surface area contributed by atoms with Crippen LogP contribution in [0, 0.1) is 0 Å². The van der Waals surface area contributed by atoms with E-state index >= 15 is 0 Å². The van der Waals surface area contributed by atoms with Crippen LogP contribution in [0.1, 0.15) is 0 Å². The van der Waals surface area contributed by atoms with Crippen LogP contribution in [0.25, 0.3) is 11.5 Å². The number of phenols is 1. The molecule has 0 aliphatic heterocycles. The number of phenolic OH excluding ortho intramolecular Hbond substituents is 1. The highest BCUT2D eigenvalue weighted by molar-refractivity contribution is 9.10. The predicted molar refractivity (Wildman–Crippen MR) is 99.9 cm³/mol. The maximum Gasteiger partial charge on any atom is 0.277 e. The summed E-state index contributed by atoms with van der Waals surface area (Å²) in [6.07, 6.45) is 0. The molecule has 0 unspecified atom stereocenters. The fourth-order valence-electron chi connectivity index (χ4n) is 1.93. The molecule has 0 saturated heterocycles. The van der Waals surface area contributed by atoms with Gasteiger partial charge in [0, 0.05) is 15.1 Å². The van der Waals surface area contributed by atoms with Gasteiger partial charge in [0.2, 0.25) is 11.8 Å². The van der Waals surface area contributed by atoms with E-state index in [0.717, 1.165) is 21.8 Å². The molecule has 2 aromatic carbocycles. The van der Waals surface area contributed by atoms with Crippen LogP contribution < -0.4 is 5.32 Å². The molecular formula is C16H11BrClN3O3S. The lowest BCUT2D eigenvalue weighted by atomic mass is 10.2. The van der Waals surface area contributed by atoms with Crippen molar-refractivity contribution >= 4 is 50.9 Å². The Morgan fingerprint density at radius 1 is 1.28 bits per heavy atom. The van der Waals surface area contributed by atoms with Crippen LogP contribution in [0.3, 0.4) is 0 Å². The van der Waals surface area contributed by atoms with Crippen molar-refractivity contribution in [2.75, 3.05) is 11.1 Å². The zero-order chi connectivity index (χ0) is 17.8. The van der Waals surface area contributed by atoms with E-state index in [1.165, 1.54) is 18.2 Å². The number of amides is 1. The lowest BCUT2D eigenvalue weighted by molar-refractivity contribution is -0.113. The van der Waals surface area contributed by atoms with Gasteiger partial charge in [-0.25, -0.2) is 0 Å². The normalized spacial score (nSPS) is 10.6. The van der Waals surface area contributed by atoms with E-state index in [2.05, 4.69) is 31.4 Å². The second kappa shape index (κ2) is 7.90. The largest absolute Gasteiger partial charge is 0.506 e. The summed E-state index contributed by atoms with van der Waals surface area (Å²) < 4.78 is 6.44. The summed E-state index contributed by atoms with van der Waals surface area (Å²) in [5, 5.41) is 20.8. The van der Waals surface area contributed by atoms with Gasteiger partial charge in [0.1, 0.15) is 5.75 Å². The van der Waals surface area contributed by atoms with Crippen LogP contribution in [0.15, 0.2) is 56.6 Å². The Balaban J connectivity index is 1.60. The van der Waals surface area contributed by atoms with Gasteiger partial charge in [-0.3, -0.25) is 4.79 Å². The fourth-order valence-corrected chi connectivity index (χ4v) is 3.06. The molecule has 3 aromatic rings. The molecule has 9 heteroatoms. The SMILES string of the molecule is O=C(CSc1nnc(-c2cccc(Br)c2)o1)Nc1cc(Cl)ccc1O. The monoisotopic (exact) mass is 439 g/mol. The quantitative estimate of drug-likeness (QED) is 0.446.